The molecule has 0 aromatic heterocycles. The van der Waals surface area contributed by atoms with E-state index in [1.165, 1.54) is 18.4 Å². The van der Waals surface area contributed by atoms with E-state index in [4.69, 9.17) is 23.2 Å². The van der Waals surface area contributed by atoms with Crippen LogP contribution in [0.5, 0.6) is 0 Å². The average molecular weight is 488 g/mol. The van der Waals surface area contributed by atoms with Crippen molar-refractivity contribution in [2.75, 3.05) is 26.2 Å². The molecule has 2 fully saturated rings. The number of aryl methyl sites for hydroxylation is 1. The van der Waals surface area contributed by atoms with Crippen LogP contribution in [-0.2, 0) is 11.3 Å². The summed E-state index contributed by atoms with van der Waals surface area (Å²) in [5.41, 5.74) is 2.85. The summed E-state index contributed by atoms with van der Waals surface area (Å²) in [5, 5.41) is 4.00. The normalized spacial score (nSPS) is 18.3. The predicted molar refractivity (Wildman–Crippen MR) is 133 cm³/mol. The van der Waals surface area contributed by atoms with Crippen LogP contribution >= 0.6 is 23.2 Å². The lowest BCUT2D eigenvalue weighted by Gasteiger charge is -2.40. The molecule has 1 N–H and O–H groups in total. The molecule has 1 aliphatic carbocycles. The molecule has 176 valence electrons. The van der Waals surface area contributed by atoms with Gasteiger partial charge in [0.25, 0.3) is 5.91 Å². The number of rotatable bonds is 6. The first kappa shape index (κ1) is 24.1. The van der Waals surface area contributed by atoms with Crippen molar-refractivity contribution in [1.29, 1.82) is 0 Å². The topological polar surface area (TPSA) is 52.7 Å². The molecule has 1 aliphatic heterocycles. The van der Waals surface area contributed by atoms with Crippen LogP contribution in [0.25, 0.3) is 0 Å². The molecule has 1 saturated heterocycles. The first-order valence-corrected chi connectivity index (χ1v) is 12.5. The zero-order chi connectivity index (χ0) is 23.4. The summed E-state index contributed by atoms with van der Waals surface area (Å²) in [4.78, 5) is 30.4. The standard InChI is InChI=1S/C26H31Cl2N3O2/c1-18-5-4-6-19(15-18)17-29-25(32)24(20-7-2-3-8-20)30-11-13-31(14-12-30)26(33)21-9-10-22(27)23(28)16-21/h4-6,9-10,15-16,20,24H,2-3,7-8,11-14,17H2,1H3,(H,29,32). The Labute approximate surface area is 206 Å². The van der Waals surface area contributed by atoms with Crippen LogP contribution in [0.1, 0.15) is 47.2 Å². The van der Waals surface area contributed by atoms with E-state index < -0.39 is 0 Å². The van der Waals surface area contributed by atoms with Crippen molar-refractivity contribution in [3.8, 4) is 0 Å². The molecule has 0 radical (unpaired) electrons. The van der Waals surface area contributed by atoms with Crippen molar-refractivity contribution in [2.45, 2.75) is 45.2 Å². The fourth-order valence-corrected chi connectivity index (χ4v) is 5.38. The van der Waals surface area contributed by atoms with E-state index in [1.807, 2.05) is 17.0 Å². The van der Waals surface area contributed by atoms with Crippen LogP contribution in [0.4, 0.5) is 0 Å². The summed E-state index contributed by atoms with van der Waals surface area (Å²) in [5.74, 6) is 0.432. The maximum Gasteiger partial charge on any atom is 0.253 e. The Morgan fingerprint density at radius 3 is 2.39 bits per heavy atom. The second kappa shape index (κ2) is 10.9. The fourth-order valence-electron chi connectivity index (χ4n) is 5.08. The van der Waals surface area contributed by atoms with Crippen LogP contribution in [0.3, 0.4) is 0 Å². The molecule has 1 unspecified atom stereocenters. The van der Waals surface area contributed by atoms with Gasteiger partial charge in [-0.3, -0.25) is 14.5 Å². The summed E-state index contributed by atoms with van der Waals surface area (Å²) in [6.45, 7) is 5.16. The predicted octanol–water partition coefficient (Wildman–Crippen LogP) is 4.93. The van der Waals surface area contributed by atoms with Crippen LogP contribution in [0, 0.1) is 12.8 Å². The van der Waals surface area contributed by atoms with Crippen molar-refractivity contribution in [2.24, 2.45) is 5.92 Å². The molecule has 2 aromatic carbocycles. The first-order valence-electron chi connectivity index (χ1n) is 11.7. The molecular formula is C26H31Cl2N3O2. The van der Waals surface area contributed by atoms with Crippen molar-refractivity contribution in [3.05, 3.63) is 69.2 Å². The number of piperazine rings is 1. The third-order valence-electron chi connectivity index (χ3n) is 6.83. The molecule has 2 amide bonds. The molecular weight excluding hydrogens is 457 g/mol. The van der Waals surface area contributed by atoms with Crippen LogP contribution in [-0.4, -0.2) is 53.8 Å². The second-order valence-electron chi connectivity index (χ2n) is 9.15. The van der Waals surface area contributed by atoms with Gasteiger partial charge in [-0.2, -0.15) is 0 Å². The Balaban J connectivity index is 1.39. The molecule has 2 aromatic rings. The molecule has 1 atom stereocenters. The SMILES string of the molecule is Cc1cccc(CNC(=O)C(C2CCCC2)N2CCN(C(=O)c3ccc(Cl)c(Cl)c3)CC2)c1. The lowest BCUT2D eigenvalue weighted by Crippen LogP contribution is -2.57. The number of carbonyl (C=O) groups excluding carboxylic acids is 2. The highest BCUT2D eigenvalue weighted by atomic mass is 35.5. The van der Waals surface area contributed by atoms with Crippen molar-refractivity contribution in [1.82, 2.24) is 15.1 Å². The Morgan fingerprint density at radius 1 is 1.00 bits per heavy atom. The van der Waals surface area contributed by atoms with Crippen molar-refractivity contribution >= 4 is 35.0 Å². The number of hydrogen-bond donors (Lipinski definition) is 1. The van der Waals surface area contributed by atoms with Gasteiger partial charge in [0.15, 0.2) is 0 Å². The van der Waals surface area contributed by atoms with Gasteiger partial charge in [0, 0.05) is 38.3 Å². The highest BCUT2D eigenvalue weighted by Crippen LogP contribution is 2.31. The Kier molecular flexibility index (Phi) is 7.94. The number of nitrogens with zero attached hydrogens (tertiary/aromatic N) is 2. The number of amides is 2. The van der Waals surface area contributed by atoms with E-state index in [0.29, 0.717) is 54.3 Å². The molecule has 5 nitrogen and oxygen atoms in total. The minimum atomic E-state index is -0.139. The third-order valence-corrected chi connectivity index (χ3v) is 7.56. The zero-order valence-electron chi connectivity index (χ0n) is 19.0. The largest absolute Gasteiger partial charge is 0.351 e. The second-order valence-corrected chi connectivity index (χ2v) is 9.97. The Bertz CT molecular complexity index is 999. The summed E-state index contributed by atoms with van der Waals surface area (Å²) in [7, 11) is 0. The number of carbonyl (C=O) groups is 2. The molecule has 1 saturated carbocycles. The van der Waals surface area contributed by atoms with Gasteiger partial charge in [0.2, 0.25) is 5.91 Å². The third kappa shape index (κ3) is 5.89. The summed E-state index contributed by atoms with van der Waals surface area (Å²) in [6, 6.07) is 13.1. The van der Waals surface area contributed by atoms with Gasteiger partial charge >= 0.3 is 0 Å². The van der Waals surface area contributed by atoms with Crippen molar-refractivity contribution < 1.29 is 9.59 Å². The number of nitrogens with one attached hydrogen (secondary N) is 1. The quantitative estimate of drug-likeness (QED) is 0.627. The van der Waals surface area contributed by atoms with Gasteiger partial charge in [-0.05, 0) is 49.4 Å². The lowest BCUT2D eigenvalue weighted by molar-refractivity contribution is -0.129. The highest BCUT2D eigenvalue weighted by Gasteiger charge is 2.37. The van der Waals surface area contributed by atoms with Gasteiger partial charge < -0.3 is 10.2 Å². The minimum absolute atomic E-state index is 0.0467. The maximum absolute atomic E-state index is 13.3. The van der Waals surface area contributed by atoms with Gasteiger partial charge in [-0.15, -0.1) is 0 Å². The van der Waals surface area contributed by atoms with E-state index in [2.05, 4.69) is 29.3 Å². The molecule has 4 rings (SSSR count). The van der Waals surface area contributed by atoms with E-state index in [0.717, 1.165) is 18.4 Å². The number of benzene rings is 2. The smallest absolute Gasteiger partial charge is 0.253 e. The van der Waals surface area contributed by atoms with Crippen LogP contribution in [0.15, 0.2) is 42.5 Å². The Morgan fingerprint density at radius 2 is 1.73 bits per heavy atom. The van der Waals surface area contributed by atoms with E-state index in [1.54, 1.807) is 18.2 Å². The lowest BCUT2D eigenvalue weighted by atomic mass is 9.94. The molecule has 0 bridgehead atoms. The molecule has 33 heavy (non-hydrogen) atoms. The van der Waals surface area contributed by atoms with E-state index in [-0.39, 0.29) is 17.9 Å². The fraction of sp³-hybridized carbons (Fsp3) is 0.462. The van der Waals surface area contributed by atoms with Crippen LogP contribution < -0.4 is 5.32 Å². The van der Waals surface area contributed by atoms with Gasteiger partial charge in [0.1, 0.15) is 0 Å². The average Bonchev–Trinajstić information content (AvgIpc) is 3.34. The maximum atomic E-state index is 13.3. The highest BCUT2D eigenvalue weighted by molar-refractivity contribution is 6.42. The Hall–Kier alpha value is -2.08. The molecule has 0 spiro atoms. The summed E-state index contributed by atoms with van der Waals surface area (Å²) >= 11 is 12.1. The summed E-state index contributed by atoms with van der Waals surface area (Å²) in [6.07, 6.45) is 4.54. The number of hydrogen-bond acceptors (Lipinski definition) is 3. The number of halogens is 2. The zero-order valence-corrected chi connectivity index (χ0v) is 20.5. The molecule has 1 heterocycles. The molecule has 7 heteroatoms. The summed E-state index contributed by atoms with van der Waals surface area (Å²) < 4.78 is 0. The minimum Gasteiger partial charge on any atom is -0.351 e. The van der Waals surface area contributed by atoms with E-state index >= 15 is 0 Å². The van der Waals surface area contributed by atoms with Gasteiger partial charge in [0.05, 0.1) is 16.1 Å². The monoisotopic (exact) mass is 487 g/mol. The van der Waals surface area contributed by atoms with Crippen LogP contribution in [0.2, 0.25) is 10.0 Å². The molecule has 2 aliphatic rings. The van der Waals surface area contributed by atoms with Crippen molar-refractivity contribution in [3.63, 3.8) is 0 Å². The van der Waals surface area contributed by atoms with Gasteiger partial charge in [-0.25, -0.2) is 0 Å². The first-order chi connectivity index (χ1) is 15.9. The van der Waals surface area contributed by atoms with Gasteiger partial charge in [-0.1, -0.05) is 65.9 Å². The van der Waals surface area contributed by atoms with E-state index in [9.17, 15) is 9.59 Å².